The molecule has 0 fully saturated rings. The van der Waals surface area contributed by atoms with Crippen LogP contribution in [0.2, 0.25) is 0 Å². The Bertz CT molecular complexity index is 1380. The van der Waals surface area contributed by atoms with Gasteiger partial charge in [-0.2, -0.15) is 0 Å². The summed E-state index contributed by atoms with van der Waals surface area (Å²) in [5.41, 5.74) is 5.44. The number of rotatable bonds is 17. The SMILES string of the molecule is CCCOc1c(OC)cc(-c2ccc(N(C)CCN(C)c3ccc(-c4cc(OC)c(OCCC)c(OC)c4)nc3)cn2)cc1OC. The zero-order chi connectivity index (χ0) is 33.1. The number of methoxy groups -OCH3 is 4. The molecule has 246 valence electrons. The number of aromatic nitrogens is 2. The van der Waals surface area contributed by atoms with E-state index in [-0.39, 0.29) is 0 Å². The largest absolute Gasteiger partial charge is 0.493 e. The van der Waals surface area contributed by atoms with Crippen LogP contribution < -0.4 is 38.2 Å². The minimum atomic E-state index is 0.581. The summed E-state index contributed by atoms with van der Waals surface area (Å²) in [6.07, 6.45) is 5.54. The van der Waals surface area contributed by atoms with E-state index in [1.54, 1.807) is 28.4 Å². The Morgan fingerprint density at radius 1 is 0.543 bits per heavy atom. The first kappa shape index (κ1) is 34.0. The van der Waals surface area contributed by atoms with Crippen LogP contribution in [0.25, 0.3) is 22.5 Å². The summed E-state index contributed by atoms with van der Waals surface area (Å²) in [5, 5.41) is 0. The van der Waals surface area contributed by atoms with Crippen molar-refractivity contribution in [3.05, 3.63) is 60.9 Å². The maximum atomic E-state index is 5.88. The number of benzene rings is 2. The quantitative estimate of drug-likeness (QED) is 0.122. The molecule has 0 radical (unpaired) electrons. The van der Waals surface area contributed by atoms with Crippen LogP contribution in [0.1, 0.15) is 26.7 Å². The summed E-state index contributed by atoms with van der Waals surface area (Å²) in [6, 6.07) is 15.9. The van der Waals surface area contributed by atoms with Gasteiger partial charge in [-0.1, -0.05) is 13.8 Å². The molecule has 2 heterocycles. The molecule has 0 saturated heterocycles. The average Bonchev–Trinajstić information content (AvgIpc) is 3.11. The van der Waals surface area contributed by atoms with Crippen LogP contribution in [0, 0.1) is 0 Å². The Morgan fingerprint density at radius 2 is 0.891 bits per heavy atom. The van der Waals surface area contributed by atoms with Crippen molar-refractivity contribution in [3.8, 4) is 57.0 Å². The molecule has 2 aromatic heterocycles. The fourth-order valence-electron chi connectivity index (χ4n) is 4.87. The fourth-order valence-corrected chi connectivity index (χ4v) is 4.87. The van der Waals surface area contributed by atoms with Crippen LogP contribution in [0.4, 0.5) is 11.4 Å². The lowest BCUT2D eigenvalue weighted by Crippen LogP contribution is -2.30. The second kappa shape index (κ2) is 16.5. The molecular formula is C36H46N4O6. The molecule has 0 aliphatic rings. The van der Waals surface area contributed by atoms with E-state index in [4.69, 9.17) is 38.4 Å². The summed E-state index contributed by atoms with van der Waals surface area (Å²) in [6.45, 7) is 6.86. The number of likely N-dealkylation sites (N-methyl/N-ethyl adjacent to an activating group) is 2. The average molecular weight is 631 g/mol. The van der Waals surface area contributed by atoms with Gasteiger partial charge in [-0.25, -0.2) is 0 Å². The number of nitrogens with zero attached hydrogens (tertiary/aromatic N) is 4. The van der Waals surface area contributed by atoms with Gasteiger partial charge in [0.1, 0.15) is 0 Å². The van der Waals surface area contributed by atoms with Gasteiger partial charge < -0.3 is 38.2 Å². The van der Waals surface area contributed by atoms with Crippen molar-refractivity contribution in [1.29, 1.82) is 0 Å². The first-order chi connectivity index (χ1) is 22.4. The van der Waals surface area contributed by atoms with Crippen LogP contribution >= 0.6 is 0 Å². The Hall–Kier alpha value is -4.86. The summed E-state index contributed by atoms with van der Waals surface area (Å²) < 4.78 is 34.2. The lowest BCUT2D eigenvalue weighted by molar-refractivity contribution is 0.275. The van der Waals surface area contributed by atoms with Crippen LogP contribution in [0.3, 0.4) is 0 Å². The van der Waals surface area contributed by atoms with Crippen molar-refractivity contribution in [1.82, 2.24) is 9.97 Å². The van der Waals surface area contributed by atoms with Gasteiger partial charge in [0.25, 0.3) is 0 Å². The molecule has 10 heteroatoms. The highest BCUT2D eigenvalue weighted by Crippen LogP contribution is 2.42. The van der Waals surface area contributed by atoms with Gasteiger partial charge in [0.15, 0.2) is 23.0 Å². The molecule has 4 rings (SSSR count). The lowest BCUT2D eigenvalue weighted by atomic mass is 10.1. The van der Waals surface area contributed by atoms with Gasteiger partial charge in [0.2, 0.25) is 11.5 Å². The number of ether oxygens (including phenoxy) is 6. The minimum Gasteiger partial charge on any atom is -0.493 e. The fraction of sp³-hybridized carbons (Fsp3) is 0.389. The molecule has 0 amide bonds. The van der Waals surface area contributed by atoms with Gasteiger partial charge in [0.05, 0.1) is 76.8 Å². The molecule has 0 atom stereocenters. The van der Waals surface area contributed by atoms with E-state index in [1.165, 1.54) is 0 Å². The molecule has 0 spiro atoms. The second-order valence-electron chi connectivity index (χ2n) is 10.8. The van der Waals surface area contributed by atoms with Crippen LogP contribution in [-0.4, -0.2) is 78.8 Å². The number of hydrogen-bond donors (Lipinski definition) is 0. The first-order valence-electron chi connectivity index (χ1n) is 15.5. The van der Waals surface area contributed by atoms with Gasteiger partial charge >= 0.3 is 0 Å². The van der Waals surface area contributed by atoms with E-state index in [1.807, 2.05) is 48.8 Å². The normalized spacial score (nSPS) is 10.7. The minimum absolute atomic E-state index is 0.581. The van der Waals surface area contributed by atoms with Crippen molar-refractivity contribution in [2.24, 2.45) is 0 Å². The number of hydrogen-bond acceptors (Lipinski definition) is 10. The standard InChI is InChI=1S/C36H46N4O6/c1-9-17-45-35-31(41-5)19-25(20-32(35)42-6)29-13-11-27(23-37-29)39(3)15-16-40(4)28-12-14-30(38-24-28)26-21-33(43-7)36(46-18-10-2)34(22-26)44-8/h11-14,19-24H,9-10,15-18H2,1-8H3. The maximum Gasteiger partial charge on any atom is 0.203 e. The Kier molecular flexibility index (Phi) is 12.2. The molecule has 0 bridgehead atoms. The highest BCUT2D eigenvalue weighted by Gasteiger charge is 2.17. The smallest absolute Gasteiger partial charge is 0.203 e. The first-order valence-corrected chi connectivity index (χ1v) is 15.5. The van der Waals surface area contributed by atoms with E-state index < -0.39 is 0 Å². The van der Waals surface area contributed by atoms with Crippen LogP contribution in [0.5, 0.6) is 34.5 Å². The van der Waals surface area contributed by atoms with Crippen molar-refractivity contribution >= 4 is 11.4 Å². The van der Waals surface area contributed by atoms with E-state index in [2.05, 4.69) is 49.9 Å². The Labute approximate surface area is 272 Å². The topological polar surface area (TPSA) is 87.6 Å². The van der Waals surface area contributed by atoms with E-state index in [9.17, 15) is 0 Å². The zero-order valence-electron chi connectivity index (χ0n) is 28.3. The Balaban J connectivity index is 1.40. The third-order valence-electron chi connectivity index (χ3n) is 7.56. The maximum absolute atomic E-state index is 5.88. The monoisotopic (exact) mass is 630 g/mol. The summed E-state index contributed by atoms with van der Waals surface area (Å²) in [5.74, 6) is 3.67. The Morgan fingerprint density at radius 3 is 1.15 bits per heavy atom. The highest BCUT2D eigenvalue weighted by atomic mass is 16.5. The van der Waals surface area contributed by atoms with E-state index in [0.29, 0.717) is 47.7 Å². The van der Waals surface area contributed by atoms with E-state index in [0.717, 1.165) is 59.8 Å². The molecule has 0 aliphatic heterocycles. The van der Waals surface area contributed by atoms with Crippen molar-refractivity contribution in [2.75, 3.05) is 78.6 Å². The van der Waals surface area contributed by atoms with Crippen LogP contribution in [0.15, 0.2) is 60.9 Å². The third kappa shape index (κ3) is 8.04. The molecule has 10 nitrogen and oxygen atoms in total. The highest BCUT2D eigenvalue weighted by molar-refractivity contribution is 5.71. The molecule has 0 saturated carbocycles. The molecule has 0 unspecified atom stereocenters. The third-order valence-corrected chi connectivity index (χ3v) is 7.56. The summed E-state index contributed by atoms with van der Waals surface area (Å²) in [4.78, 5) is 13.8. The van der Waals surface area contributed by atoms with Crippen LogP contribution in [-0.2, 0) is 0 Å². The van der Waals surface area contributed by atoms with Crippen molar-refractivity contribution in [2.45, 2.75) is 26.7 Å². The van der Waals surface area contributed by atoms with Gasteiger partial charge in [-0.3, -0.25) is 9.97 Å². The molecular weight excluding hydrogens is 584 g/mol. The van der Waals surface area contributed by atoms with Gasteiger partial charge in [-0.15, -0.1) is 0 Å². The van der Waals surface area contributed by atoms with Gasteiger partial charge in [0, 0.05) is 38.3 Å². The predicted molar refractivity (Wildman–Crippen MR) is 184 cm³/mol. The van der Waals surface area contributed by atoms with E-state index >= 15 is 0 Å². The summed E-state index contributed by atoms with van der Waals surface area (Å²) in [7, 11) is 10.6. The van der Waals surface area contributed by atoms with Crippen molar-refractivity contribution in [3.63, 3.8) is 0 Å². The lowest BCUT2D eigenvalue weighted by Gasteiger charge is -2.25. The number of anilines is 2. The van der Waals surface area contributed by atoms with Gasteiger partial charge in [-0.05, 0) is 61.4 Å². The predicted octanol–water partition coefficient (Wildman–Crippen LogP) is 7.00. The molecule has 0 aliphatic carbocycles. The number of pyridine rings is 2. The zero-order valence-corrected chi connectivity index (χ0v) is 28.3. The molecule has 2 aromatic carbocycles. The molecule has 0 N–H and O–H groups in total. The second-order valence-corrected chi connectivity index (χ2v) is 10.8. The molecule has 4 aromatic rings. The van der Waals surface area contributed by atoms with Crippen molar-refractivity contribution < 1.29 is 28.4 Å². The summed E-state index contributed by atoms with van der Waals surface area (Å²) >= 11 is 0. The molecule has 46 heavy (non-hydrogen) atoms.